The van der Waals surface area contributed by atoms with Crippen LogP contribution in [0.25, 0.3) is 10.9 Å². The summed E-state index contributed by atoms with van der Waals surface area (Å²) < 4.78 is 24.7. The van der Waals surface area contributed by atoms with Gasteiger partial charge in [-0.2, -0.15) is 0 Å². The normalized spacial score (nSPS) is 12.6. The molecule has 0 radical (unpaired) electrons. The Labute approximate surface area is 203 Å². The average Bonchev–Trinajstić information content (AvgIpc) is 2.83. The summed E-state index contributed by atoms with van der Waals surface area (Å²) in [6, 6.07) is 24.2. The van der Waals surface area contributed by atoms with Crippen LogP contribution in [0, 0.1) is 0 Å². The molecule has 0 amide bonds. The lowest BCUT2D eigenvalue weighted by molar-refractivity contribution is 0.592. The third-order valence-electron chi connectivity index (χ3n) is 5.69. The maximum absolute atomic E-state index is 13.3. The fourth-order valence-corrected chi connectivity index (χ4v) is 5.34. The molecule has 1 heterocycles. The minimum Gasteiger partial charge on any atom is -0.287 e. The number of fused-ring (bicyclic) bond motifs is 1. The number of nitrogens with two attached hydrogens (primary N) is 1. The molecule has 4 aromatic rings. The van der Waals surface area contributed by atoms with E-state index in [2.05, 4.69) is 19.1 Å². The van der Waals surface area contributed by atoms with Crippen molar-refractivity contribution in [3.05, 3.63) is 100 Å². The molecule has 0 aliphatic carbocycles. The molecule has 4 rings (SSSR count). The van der Waals surface area contributed by atoms with Crippen LogP contribution in [0.4, 0.5) is 0 Å². The fraction of sp³-hybridized carbons (Fsp3) is 0.231. The molecule has 0 aliphatic heterocycles. The number of thioether (sulfide) groups is 1. The number of nitrogens with zero attached hydrogens (tertiary/aromatic N) is 2. The molecule has 34 heavy (non-hydrogen) atoms. The number of aryl methyl sites for hydroxylation is 2. The first-order chi connectivity index (χ1) is 16.3. The highest BCUT2D eigenvalue weighted by molar-refractivity contribution is 7.99. The van der Waals surface area contributed by atoms with E-state index in [4.69, 9.17) is 10.1 Å². The molecule has 1 aromatic heterocycles. The Morgan fingerprint density at radius 2 is 1.56 bits per heavy atom. The van der Waals surface area contributed by atoms with Crippen molar-refractivity contribution >= 4 is 32.7 Å². The van der Waals surface area contributed by atoms with Crippen molar-refractivity contribution < 1.29 is 8.42 Å². The van der Waals surface area contributed by atoms with Gasteiger partial charge in [-0.3, -0.25) is 9.36 Å². The van der Waals surface area contributed by atoms with Gasteiger partial charge in [0.2, 0.25) is 10.0 Å². The molecule has 2 N–H and O–H groups in total. The molecule has 1 atom stereocenters. The minimum absolute atomic E-state index is 0.0653. The summed E-state index contributed by atoms with van der Waals surface area (Å²) in [6.45, 7) is 2.60. The van der Waals surface area contributed by atoms with Gasteiger partial charge in [0.25, 0.3) is 5.56 Å². The van der Waals surface area contributed by atoms with Crippen LogP contribution in [-0.2, 0) is 29.4 Å². The maximum Gasteiger partial charge on any atom is 0.262 e. The second-order valence-electron chi connectivity index (χ2n) is 8.26. The molecule has 176 valence electrons. The Morgan fingerprint density at radius 1 is 0.912 bits per heavy atom. The molecule has 0 fully saturated rings. The van der Waals surface area contributed by atoms with Crippen molar-refractivity contribution in [2.45, 2.75) is 48.0 Å². The molecule has 3 aromatic carbocycles. The first-order valence-corrected chi connectivity index (χ1v) is 13.6. The van der Waals surface area contributed by atoms with Crippen LogP contribution in [0.2, 0.25) is 0 Å². The van der Waals surface area contributed by atoms with E-state index >= 15 is 0 Å². The monoisotopic (exact) mass is 493 g/mol. The van der Waals surface area contributed by atoms with E-state index in [-0.39, 0.29) is 15.7 Å². The zero-order valence-corrected chi connectivity index (χ0v) is 20.6. The van der Waals surface area contributed by atoms with Crippen molar-refractivity contribution in [2.24, 2.45) is 5.14 Å². The van der Waals surface area contributed by atoms with Crippen LogP contribution < -0.4 is 10.7 Å². The number of rotatable bonds is 9. The van der Waals surface area contributed by atoms with Gasteiger partial charge in [0.05, 0.1) is 15.8 Å². The third-order valence-corrected chi connectivity index (χ3v) is 7.78. The van der Waals surface area contributed by atoms with Crippen LogP contribution in [-0.4, -0.2) is 23.2 Å². The van der Waals surface area contributed by atoms with Crippen LogP contribution in [0.3, 0.4) is 0 Å². The van der Waals surface area contributed by atoms with E-state index in [9.17, 15) is 13.2 Å². The van der Waals surface area contributed by atoms with E-state index < -0.39 is 10.0 Å². The molecule has 0 bridgehead atoms. The van der Waals surface area contributed by atoms with Crippen molar-refractivity contribution in [1.82, 2.24) is 9.55 Å². The Kier molecular flexibility index (Phi) is 7.50. The molecular weight excluding hydrogens is 466 g/mol. The maximum atomic E-state index is 13.3. The fourth-order valence-electron chi connectivity index (χ4n) is 3.77. The predicted molar refractivity (Wildman–Crippen MR) is 138 cm³/mol. The topological polar surface area (TPSA) is 95.0 Å². The van der Waals surface area contributed by atoms with Gasteiger partial charge in [-0.1, -0.05) is 73.3 Å². The number of primary sulfonamides is 1. The number of para-hydroxylation sites is 1. The summed E-state index contributed by atoms with van der Waals surface area (Å²) >= 11 is 1.62. The van der Waals surface area contributed by atoms with Crippen molar-refractivity contribution in [3.63, 3.8) is 0 Å². The van der Waals surface area contributed by atoms with Gasteiger partial charge in [-0.25, -0.2) is 18.5 Å². The lowest BCUT2D eigenvalue weighted by Crippen LogP contribution is -2.25. The van der Waals surface area contributed by atoms with E-state index in [1.807, 2.05) is 36.4 Å². The average molecular weight is 494 g/mol. The summed E-state index contributed by atoms with van der Waals surface area (Å²) in [5.41, 5.74) is 2.84. The number of aromatic nitrogens is 2. The van der Waals surface area contributed by atoms with Crippen LogP contribution in [0.15, 0.2) is 93.7 Å². The lowest BCUT2D eigenvalue weighted by atomic mass is 10.1. The zero-order chi connectivity index (χ0) is 24.1. The van der Waals surface area contributed by atoms with Crippen molar-refractivity contribution in [1.29, 1.82) is 0 Å². The van der Waals surface area contributed by atoms with Gasteiger partial charge in [-0.05, 0) is 54.7 Å². The Morgan fingerprint density at radius 3 is 2.26 bits per heavy atom. The van der Waals surface area contributed by atoms with Crippen LogP contribution in [0.1, 0.15) is 24.5 Å². The Bertz CT molecular complexity index is 1430. The molecule has 0 spiro atoms. The van der Waals surface area contributed by atoms with Gasteiger partial charge in [0.15, 0.2) is 5.16 Å². The quantitative estimate of drug-likeness (QED) is 0.275. The smallest absolute Gasteiger partial charge is 0.262 e. The molecule has 0 aliphatic rings. The highest BCUT2D eigenvalue weighted by atomic mass is 32.2. The number of benzene rings is 3. The number of sulfonamides is 1. The summed E-state index contributed by atoms with van der Waals surface area (Å²) in [6.07, 6.45) is 2.49. The SMILES string of the molecule is C[C@@H](CCc1ccccc1)Sc1nc2ccccc2c(=O)n1CCc1ccc(S(N)(=O)=O)cc1. The molecule has 0 saturated carbocycles. The first-order valence-electron chi connectivity index (χ1n) is 11.1. The Hall–Kier alpha value is -2.94. The summed E-state index contributed by atoms with van der Waals surface area (Å²) in [5.74, 6) is 0. The second kappa shape index (κ2) is 10.5. The highest BCUT2D eigenvalue weighted by Gasteiger charge is 2.15. The molecule has 0 saturated heterocycles. The summed E-state index contributed by atoms with van der Waals surface area (Å²) in [5, 5.41) is 6.75. The standard InChI is InChI=1S/C26H27N3O3S2/c1-19(11-12-20-7-3-2-4-8-20)33-26-28-24-10-6-5-9-23(24)25(30)29(26)18-17-21-13-15-22(16-14-21)34(27,31)32/h2-10,13-16,19H,11-12,17-18H2,1H3,(H2,27,31,32)/t19-/m0/s1. The van der Waals surface area contributed by atoms with Crippen molar-refractivity contribution in [3.8, 4) is 0 Å². The van der Waals surface area contributed by atoms with E-state index in [1.165, 1.54) is 17.7 Å². The molecular formula is C26H27N3O3S2. The van der Waals surface area contributed by atoms with Gasteiger partial charge >= 0.3 is 0 Å². The van der Waals surface area contributed by atoms with Crippen LogP contribution >= 0.6 is 11.8 Å². The largest absolute Gasteiger partial charge is 0.287 e. The number of hydrogen-bond acceptors (Lipinski definition) is 5. The molecule has 0 unspecified atom stereocenters. The van der Waals surface area contributed by atoms with E-state index in [0.29, 0.717) is 29.0 Å². The second-order valence-corrected chi connectivity index (χ2v) is 11.2. The van der Waals surface area contributed by atoms with Gasteiger partial charge in [0.1, 0.15) is 0 Å². The molecule has 6 nitrogen and oxygen atoms in total. The van der Waals surface area contributed by atoms with Gasteiger partial charge in [0, 0.05) is 11.8 Å². The van der Waals surface area contributed by atoms with Gasteiger partial charge in [-0.15, -0.1) is 0 Å². The zero-order valence-electron chi connectivity index (χ0n) is 18.9. The summed E-state index contributed by atoms with van der Waals surface area (Å²) in [4.78, 5) is 18.2. The van der Waals surface area contributed by atoms with E-state index in [1.54, 1.807) is 34.5 Å². The third kappa shape index (κ3) is 5.94. The summed E-state index contributed by atoms with van der Waals surface area (Å²) in [7, 11) is -3.73. The number of hydrogen-bond donors (Lipinski definition) is 1. The first kappa shape index (κ1) is 24.2. The van der Waals surface area contributed by atoms with E-state index in [0.717, 1.165) is 18.4 Å². The minimum atomic E-state index is -3.73. The van der Waals surface area contributed by atoms with Crippen molar-refractivity contribution in [2.75, 3.05) is 0 Å². The molecule has 8 heteroatoms. The highest BCUT2D eigenvalue weighted by Crippen LogP contribution is 2.26. The predicted octanol–water partition coefficient (Wildman–Crippen LogP) is 4.40. The Balaban J connectivity index is 1.56. The van der Waals surface area contributed by atoms with Crippen LogP contribution in [0.5, 0.6) is 0 Å². The lowest BCUT2D eigenvalue weighted by Gasteiger charge is -2.16. The van der Waals surface area contributed by atoms with Gasteiger partial charge < -0.3 is 0 Å².